The molecular formula is C26H28FN3O2S. The number of pyridine rings is 1. The molecule has 0 unspecified atom stereocenters. The van der Waals surface area contributed by atoms with Crippen molar-refractivity contribution in [1.29, 1.82) is 0 Å². The van der Waals surface area contributed by atoms with Crippen molar-refractivity contribution in [3.63, 3.8) is 0 Å². The van der Waals surface area contributed by atoms with Gasteiger partial charge in [0, 0.05) is 30.7 Å². The van der Waals surface area contributed by atoms with Crippen molar-refractivity contribution < 1.29 is 13.9 Å². The number of hydrogen-bond acceptors (Lipinski definition) is 5. The van der Waals surface area contributed by atoms with Crippen LogP contribution in [-0.4, -0.2) is 48.6 Å². The minimum absolute atomic E-state index is 0.0639. The van der Waals surface area contributed by atoms with E-state index in [9.17, 15) is 9.18 Å². The number of ether oxygens (including phenoxy) is 1. The third-order valence-corrected chi connectivity index (χ3v) is 6.91. The van der Waals surface area contributed by atoms with E-state index in [1.807, 2.05) is 6.07 Å². The molecule has 1 N–H and O–H groups in total. The normalized spacial score (nSPS) is 15.2. The highest BCUT2D eigenvalue weighted by Gasteiger charge is 2.24. The summed E-state index contributed by atoms with van der Waals surface area (Å²) >= 11 is 1.49. The van der Waals surface area contributed by atoms with Crippen molar-refractivity contribution in [1.82, 2.24) is 15.2 Å². The van der Waals surface area contributed by atoms with Gasteiger partial charge in [0.2, 0.25) is 0 Å². The summed E-state index contributed by atoms with van der Waals surface area (Å²) in [6.45, 7) is 7.38. The molecule has 2 aromatic carbocycles. The molecule has 0 radical (unpaired) electrons. The number of aryl methyl sites for hydroxylation is 2. The van der Waals surface area contributed by atoms with Crippen molar-refractivity contribution in [2.45, 2.75) is 29.8 Å². The van der Waals surface area contributed by atoms with E-state index in [4.69, 9.17) is 4.74 Å². The van der Waals surface area contributed by atoms with Crippen LogP contribution in [0.15, 0.2) is 70.7 Å². The third kappa shape index (κ3) is 5.99. The summed E-state index contributed by atoms with van der Waals surface area (Å²) in [4.78, 5) is 21.0. The molecule has 172 valence electrons. The van der Waals surface area contributed by atoms with Crippen molar-refractivity contribution in [3.8, 4) is 0 Å². The van der Waals surface area contributed by atoms with Gasteiger partial charge in [0.1, 0.15) is 10.8 Å². The first-order valence-corrected chi connectivity index (χ1v) is 11.9. The SMILES string of the molecule is Cc1ccc(Sc2ncccc2C(=O)NC[C@@H](c2ccc(F)cc2)N2CCOCC2)cc1C. The molecule has 1 aliphatic heterocycles. The van der Waals surface area contributed by atoms with Crippen LogP contribution in [0.3, 0.4) is 0 Å². The minimum Gasteiger partial charge on any atom is -0.379 e. The van der Waals surface area contributed by atoms with Crippen LogP contribution in [0.1, 0.15) is 33.1 Å². The van der Waals surface area contributed by atoms with Gasteiger partial charge >= 0.3 is 0 Å². The van der Waals surface area contributed by atoms with Gasteiger partial charge in [-0.15, -0.1) is 0 Å². The molecule has 1 atom stereocenters. The molecule has 2 heterocycles. The van der Waals surface area contributed by atoms with E-state index in [1.54, 1.807) is 30.5 Å². The average molecular weight is 466 g/mol. The Morgan fingerprint density at radius 2 is 1.88 bits per heavy atom. The monoisotopic (exact) mass is 465 g/mol. The number of nitrogens with zero attached hydrogens (tertiary/aromatic N) is 2. The minimum atomic E-state index is -0.271. The number of carbonyl (C=O) groups is 1. The summed E-state index contributed by atoms with van der Waals surface area (Å²) in [7, 11) is 0. The van der Waals surface area contributed by atoms with E-state index in [1.165, 1.54) is 35.0 Å². The van der Waals surface area contributed by atoms with E-state index in [0.29, 0.717) is 30.3 Å². The third-order valence-electron chi connectivity index (χ3n) is 5.91. The molecule has 1 fully saturated rings. The number of amides is 1. The maximum Gasteiger partial charge on any atom is 0.254 e. The fourth-order valence-corrected chi connectivity index (χ4v) is 4.83. The Bertz CT molecular complexity index is 1100. The van der Waals surface area contributed by atoms with Gasteiger partial charge in [0.15, 0.2) is 0 Å². The zero-order valence-electron chi connectivity index (χ0n) is 18.9. The molecule has 1 saturated heterocycles. The number of carbonyl (C=O) groups excluding carboxylic acids is 1. The number of aromatic nitrogens is 1. The lowest BCUT2D eigenvalue weighted by atomic mass is 10.0. The second-order valence-corrected chi connectivity index (χ2v) is 9.19. The number of halogens is 1. The first-order valence-electron chi connectivity index (χ1n) is 11.1. The topological polar surface area (TPSA) is 54.5 Å². The van der Waals surface area contributed by atoms with Gasteiger partial charge in [0.05, 0.1) is 24.8 Å². The Hall–Kier alpha value is -2.74. The van der Waals surface area contributed by atoms with Gasteiger partial charge in [-0.2, -0.15) is 0 Å². The van der Waals surface area contributed by atoms with Gasteiger partial charge in [-0.25, -0.2) is 9.37 Å². The second-order valence-electron chi connectivity index (χ2n) is 8.13. The van der Waals surface area contributed by atoms with E-state index in [0.717, 1.165) is 23.5 Å². The van der Waals surface area contributed by atoms with Crippen LogP contribution < -0.4 is 5.32 Å². The predicted octanol–water partition coefficient (Wildman–Crippen LogP) is 4.79. The molecule has 0 spiro atoms. The molecule has 1 aliphatic rings. The van der Waals surface area contributed by atoms with Crippen LogP contribution in [0.2, 0.25) is 0 Å². The summed E-state index contributed by atoms with van der Waals surface area (Å²) in [5, 5.41) is 3.76. The lowest BCUT2D eigenvalue weighted by Gasteiger charge is -2.35. The summed E-state index contributed by atoms with van der Waals surface area (Å²) < 4.78 is 19.0. The van der Waals surface area contributed by atoms with Gasteiger partial charge in [-0.05, 0) is 66.9 Å². The van der Waals surface area contributed by atoms with Gasteiger partial charge in [0.25, 0.3) is 5.91 Å². The van der Waals surface area contributed by atoms with Gasteiger partial charge in [-0.1, -0.05) is 30.0 Å². The number of benzene rings is 2. The molecule has 5 nitrogen and oxygen atoms in total. The average Bonchev–Trinajstić information content (AvgIpc) is 2.83. The van der Waals surface area contributed by atoms with E-state index in [-0.39, 0.29) is 17.8 Å². The zero-order chi connectivity index (χ0) is 23.2. The standard InChI is InChI=1S/C26H28FN3O2S/c1-18-5-10-22(16-19(18)2)33-26-23(4-3-11-28-26)25(31)29-17-24(30-12-14-32-15-13-30)20-6-8-21(27)9-7-20/h3-11,16,24H,12-15,17H2,1-2H3,(H,29,31)/t24-/m0/s1. The summed E-state index contributed by atoms with van der Waals surface area (Å²) in [5.74, 6) is -0.443. The number of nitrogens with one attached hydrogen (secondary N) is 1. The quantitative estimate of drug-likeness (QED) is 0.544. The Balaban J connectivity index is 1.50. The van der Waals surface area contributed by atoms with Crippen LogP contribution in [0.25, 0.3) is 0 Å². The Morgan fingerprint density at radius 3 is 2.61 bits per heavy atom. The fourth-order valence-electron chi connectivity index (χ4n) is 3.85. The van der Waals surface area contributed by atoms with Crippen LogP contribution in [-0.2, 0) is 4.74 Å². The maximum atomic E-state index is 13.5. The number of morpholine rings is 1. The van der Waals surface area contributed by atoms with Crippen LogP contribution in [0.4, 0.5) is 4.39 Å². The maximum absolute atomic E-state index is 13.5. The molecule has 0 aliphatic carbocycles. The molecule has 3 aromatic rings. The smallest absolute Gasteiger partial charge is 0.254 e. The largest absolute Gasteiger partial charge is 0.379 e. The van der Waals surface area contributed by atoms with Crippen molar-refractivity contribution in [3.05, 3.63) is 88.9 Å². The summed E-state index contributed by atoms with van der Waals surface area (Å²) in [6, 6.07) is 16.2. The zero-order valence-corrected chi connectivity index (χ0v) is 19.7. The molecule has 1 aromatic heterocycles. The molecule has 0 bridgehead atoms. The first kappa shape index (κ1) is 23.4. The second kappa shape index (κ2) is 10.9. The summed E-state index contributed by atoms with van der Waals surface area (Å²) in [6.07, 6.45) is 1.70. The Morgan fingerprint density at radius 1 is 1.12 bits per heavy atom. The van der Waals surface area contributed by atoms with E-state index in [2.05, 4.69) is 41.2 Å². The Labute approximate surface area is 198 Å². The molecule has 4 rings (SSSR count). The van der Waals surface area contributed by atoms with Gasteiger partial charge in [-0.3, -0.25) is 9.69 Å². The highest BCUT2D eigenvalue weighted by atomic mass is 32.2. The molecule has 33 heavy (non-hydrogen) atoms. The summed E-state index contributed by atoms with van der Waals surface area (Å²) in [5.41, 5.74) is 3.94. The fraction of sp³-hybridized carbons (Fsp3) is 0.308. The first-order chi connectivity index (χ1) is 16.0. The highest BCUT2D eigenvalue weighted by Crippen LogP contribution is 2.30. The molecule has 7 heteroatoms. The van der Waals surface area contributed by atoms with Crippen molar-refractivity contribution >= 4 is 17.7 Å². The van der Waals surface area contributed by atoms with E-state index < -0.39 is 0 Å². The Kier molecular flexibility index (Phi) is 7.75. The van der Waals surface area contributed by atoms with Gasteiger partial charge < -0.3 is 10.1 Å². The molecule has 0 saturated carbocycles. The molecular weight excluding hydrogens is 437 g/mol. The van der Waals surface area contributed by atoms with Crippen LogP contribution in [0.5, 0.6) is 0 Å². The van der Waals surface area contributed by atoms with E-state index >= 15 is 0 Å². The highest BCUT2D eigenvalue weighted by molar-refractivity contribution is 7.99. The lowest BCUT2D eigenvalue weighted by Crippen LogP contribution is -2.43. The van der Waals surface area contributed by atoms with Crippen LogP contribution in [0, 0.1) is 19.7 Å². The van der Waals surface area contributed by atoms with Crippen LogP contribution >= 0.6 is 11.8 Å². The van der Waals surface area contributed by atoms with Crippen molar-refractivity contribution in [2.24, 2.45) is 0 Å². The van der Waals surface area contributed by atoms with Crippen molar-refractivity contribution in [2.75, 3.05) is 32.8 Å². The number of hydrogen-bond donors (Lipinski definition) is 1. The number of rotatable bonds is 7. The predicted molar refractivity (Wildman–Crippen MR) is 128 cm³/mol. The lowest BCUT2D eigenvalue weighted by molar-refractivity contribution is 0.0162. The molecule has 1 amide bonds.